The molecule has 0 aliphatic heterocycles. The van der Waals surface area contributed by atoms with E-state index in [0.717, 1.165) is 29.4 Å². The minimum atomic E-state index is 0.677. The summed E-state index contributed by atoms with van der Waals surface area (Å²) in [6, 6.07) is 6.53. The molecular weight excluding hydrogens is 248 g/mol. The van der Waals surface area contributed by atoms with Gasteiger partial charge in [-0.25, -0.2) is 0 Å². The van der Waals surface area contributed by atoms with Gasteiger partial charge in [0.05, 0.1) is 0 Å². The lowest BCUT2D eigenvalue weighted by Gasteiger charge is -2.15. The maximum atomic E-state index is 6.24. The summed E-state index contributed by atoms with van der Waals surface area (Å²) in [5.41, 5.74) is 1.07. The molecular formula is C14H21ClN2O. The average molecular weight is 269 g/mol. The summed E-state index contributed by atoms with van der Waals surface area (Å²) >= 11 is 6.24. The van der Waals surface area contributed by atoms with Gasteiger partial charge in [-0.2, -0.15) is 0 Å². The van der Waals surface area contributed by atoms with E-state index in [2.05, 4.69) is 10.2 Å². The molecule has 2 rings (SSSR count). The van der Waals surface area contributed by atoms with E-state index in [-0.39, 0.29) is 0 Å². The Morgan fingerprint density at radius 3 is 2.83 bits per heavy atom. The van der Waals surface area contributed by atoms with Crippen LogP contribution in [0.25, 0.3) is 0 Å². The van der Waals surface area contributed by atoms with E-state index in [4.69, 9.17) is 16.3 Å². The Balaban J connectivity index is 1.95. The van der Waals surface area contributed by atoms with Gasteiger partial charge in [0.2, 0.25) is 0 Å². The first kappa shape index (κ1) is 13.7. The number of hydrogen-bond acceptors (Lipinski definition) is 3. The van der Waals surface area contributed by atoms with Crippen LogP contribution < -0.4 is 10.1 Å². The van der Waals surface area contributed by atoms with Gasteiger partial charge in [-0.15, -0.1) is 0 Å². The van der Waals surface area contributed by atoms with Crippen LogP contribution in [-0.2, 0) is 6.54 Å². The van der Waals surface area contributed by atoms with Gasteiger partial charge in [0.1, 0.15) is 12.4 Å². The molecule has 0 atom stereocenters. The van der Waals surface area contributed by atoms with E-state index >= 15 is 0 Å². The molecule has 0 heterocycles. The molecule has 100 valence electrons. The fourth-order valence-corrected chi connectivity index (χ4v) is 1.95. The number of hydrogen-bond donors (Lipinski definition) is 1. The molecule has 1 aromatic carbocycles. The lowest BCUT2D eigenvalue weighted by Crippen LogP contribution is -2.21. The monoisotopic (exact) mass is 268 g/mol. The first-order valence-electron chi connectivity index (χ1n) is 6.45. The molecule has 1 N–H and O–H groups in total. The molecule has 1 aromatic rings. The molecule has 0 saturated heterocycles. The number of nitrogens with zero attached hydrogens (tertiary/aromatic N) is 1. The van der Waals surface area contributed by atoms with E-state index in [1.54, 1.807) is 0 Å². The molecule has 1 aliphatic carbocycles. The van der Waals surface area contributed by atoms with Crippen molar-refractivity contribution < 1.29 is 4.74 Å². The van der Waals surface area contributed by atoms with Crippen molar-refractivity contribution in [2.75, 3.05) is 27.2 Å². The molecule has 1 aliphatic rings. The third kappa shape index (κ3) is 4.16. The molecule has 0 amide bonds. The van der Waals surface area contributed by atoms with Gasteiger partial charge in [0.15, 0.2) is 0 Å². The Labute approximate surface area is 114 Å². The van der Waals surface area contributed by atoms with Crippen LogP contribution in [0.5, 0.6) is 5.75 Å². The van der Waals surface area contributed by atoms with E-state index in [1.807, 2.05) is 32.3 Å². The van der Waals surface area contributed by atoms with Crippen molar-refractivity contribution in [3.63, 3.8) is 0 Å². The van der Waals surface area contributed by atoms with E-state index < -0.39 is 0 Å². The zero-order valence-corrected chi connectivity index (χ0v) is 11.8. The summed E-state index contributed by atoms with van der Waals surface area (Å²) < 4.78 is 5.82. The zero-order chi connectivity index (χ0) is 13.0. The van der Waals surface area contributed by atoms with Crippen LogP contribution >= 0.6 is 11.6 Å². The average Bonchev–Trinajstić information content (AvgIpc) is 3.11. The summed E-state index contributed by atoms with van der Waals surface area (Å²) in [6.45, 7) is 2.38. The van der Waals surface area contributed by atoms with Gasteiger partial charge in [-0.1, -0.05) is 17.7 Å². The molecule has 4 heteroatoms. The van der Waals surface area contributed by atoms with Gasteiger partial charge < -0.3 is 15.0 Å². The standard InChI is InChI=1S/C14H21ClN2O/c1-17(2)8-9-18-14-5-3-4-13(15)12(14)10-16-11-6-7-11/h3-5,11,16H,6-10H2,1-2H3. The third-order valence-corrected chi connectivity index (χ3v) is 3.37. The Morgan fingerprint density at radius 2 is 2.17 bits per heavy atom. The van der Waals surface area contributed by atoms with Crippen LogP contribution in [0.15, 0.2) is 18.2 Å². The van der Waals surface area contributed by atoms with Gasteiger partial charge in [0.25, 0.3) is 0 Å². The van der Waals surface area contributed by atoms with E-state index in [1.165, 1.54) is 12.8 Å². The zero-order valence-electron chi connectivity index (χ0n) is 11.1. The number of benzene rings is 1. The van der Waals surface area contributed by atoms with Gasteiger partial charge in [0, 0.05) is 29.7 Å². The predicted molar refractivity (Wildman–Crippen MR) is 75.4 cm³/mol. The van der Waals surface area contributed by atoms with Crippen LogP contribution in [0.2, 0.25) is 5.02 Å². The highest BCUT2D eigenvalue weighted by Gasteiger charge is 2.21. The van der Waals surface area contributed by atoms with Crippen molar-refractivity contribution in [3.8, 4) is 5.75 Å². The number of nitrogens with one attached hydrogen (secondary N) is 1. The lowest BCUT2D eigenvalue weighted by molar-refractivity contribution is 0.259. The summed E-state index contributed by atoms with van der Waals surface area (Å²) in [7, 11) is 4.08. The SMILES string of the molecule is CN(C)CCOc1cccc(Cl)c1CNC1CC1. The van der Waals surface area contributed by atoms with Crippen molar-refractivity contribution in [1.82, 2.24) is 10.2 Å². The largest absolute Gasteiger partial charge is 0.492 e. The molecule has 3 nitrogen and oxygen atoms in total. The Kier molecular flexibility index (Phi) is 4.87. The van der Waals surface area contributed by atoms with Crippen molar-refractivity contribution in [3.05, 3.63) is 28.8 Å². The van der Waals surface area contributed by atoms with Gasteiger partial charge in [-0.05, 0) is 39.1 Å². The summed E-state index contributed by atoms with van der Waals surface area (Å²) in [5.74, 6) is 0.900. The summed E-state index contributed by atoms with van der Waals surface area (Å²) in [6.07, 6.45) is 2.56. The Bertz CT molecular complexity index is 391. The first-order chi connectivity index (χ1) is 8.66. The molecule has 0 aromatic heterocycles. The van der Waals surface area contributed by atoms with Crippen molar-refractivity contribution in [2.45, 2.75) is 25.4 Å². The predicted octanol–water partition coefficient (Wildman–Crippen LogP) is 2.53. The first-order valence-corrected chi connectivity index (χ1v) is 6.83. The van der Waals surface area contributed by atoms with E-state index in [0.29, 0.717) is 12.6 Å². The number of rotatable bonds is 7. The fourth-order valence-electron chi connectivity index (χ4n) is 1.72. The molecule has 1 saturated carbocycles. The van der Waals surface area contributed by atoms with E-state index in [9.17, 15) is 0 Å². The summed E-state index contributed by atoms with van der Waals surface area (Å²) in [5, 5.41) is 4.26. The number of halogens is 1. The van der Waals surface area contributed by atoms with Crippen LogP contribution in [0, 0.1) is 0 Å². The van der Waals surface area contributed by atoms with Crippen LogP contribution in [0.1, 0.15) is 18.4 Å². The molecule has 1 fully saturated rings. The maximum Gasteiger partial charge on any atom is 0.125 e. The quantitative estimate of drug-likeness (QED) is 0.823. The second-order valence-corrected chi connectivity index (χ2v) is 5.43. The number of ether oxygens (including phenoxy) is 1. The topological polar surface area (TPSA) is 24.5 Å². The summed E-state index contributed by atoms with van der Waals surface area (Å²) in [4.78, 5) is 2.10. The maximum absolute atomic E-state index is 6.24. The molecule has 18 heavy (non-hydrogen) atoms. The second-order valence-electron chi connectivity index (χ2n) is 5.02. The molecule has 0 unspecified atom stereocenters. The third-order valence-electron chi connectivity index (χ3n) is 3.02. The highest BCUT2D eigenvalue weighted by atomic mass is 35.5. The van der Waals surface area contributed by atoms with Gasteiger partial charge >= 0.3 is 0 Å². The van der Waals surface area contributed by atoms with Gasteiger partial charge in [-0.3, -0.25) is 0 Å². The lowest BCUT2D eigenvalue weighted by atomic mass is 10.2. The minimum Gasteiger partial charge on any atom is -0.492 e. The molecule has 0 radical (unpaired) electrons. The Morgan fingerprint density at radius 1 is 1.39 bits per heavy atom. The van der Waals surface area contributed by atoms with Crippen molar-refractivity contribution in [2.24, 2.45) is 0 Å². The highest BCUT2D eigenvalue weighted by Crippen LogP contribution is 2.28. The van der Waals surface area contributed by atoms with Crippen molar-refractivity contribution in [1.29, 1.82) is 0 Å². The highest BCUT2D eigenvalue weighted by molar-refractivity contribution is 6.31. The molecule has 0 bridgehead atoms. The van der Waals surface area contributed by atoms with Crippen molar-refractivity contribution >= 4 is 11.6 Å². The normalized spacial score (nSPS) is 15.1. The fraction of sp³-hybridized carbons (Fsp3) is 0.571. The van der Waals surface area contributed by atoms with Crippen LogP contribution in [0.3, 0.4) is 0 Å². The number of likely N-dealkylation sites (N-methyl/N-ethyl adjacent to an activating group) is 1. The second kappa shape index (κ2) is 6.41. The smallest absolute Gasteiger partial charge is 0.125 e. The Hall–Kier alpha value is -0.770. The minimum absolute atomic E-state index is 0.677. The van der Waals surface area contributed by atoms with Crippen LogP contribution in [-0.4, -0.2) is 38.2 Å². The van der Waals surface area contributed by atoms with Crippen LogP contribution in [0.4, 0.5) is 0 Å². The molecule has 0 spiro atoms.